The van der Waals surface area contributed by atoms with E-state index in [9.17, 15) is 4.79 Å². The molecule has 4 nitrogen and oxygen atoms in total. The van der Waals surface area contributed by atoms with Gasteiger partial charge in [-0.1, -0.05) is 12.1 Å². The summed E-state index contributed by atoms with van der Waals surface area (Å²) in [5.74, 6) is 5.69. The molecule has 2 heterocycles. The lowest BCUT2D eigenvalue weighted by Gasteiger charge is -2.12. The average Bonchev–Trinajstić information content (AvgIpc) is 2.47. The second-order valence-electron chi connectivity index (χ2n) is 3.69. The summed E-state index contributed by atoms with van der Waals surface area (Å²) in [5, 5.41) is 0. The minimum Gasteiger partial charge on any atom is -0.335 e. The lowest BCUT2D eigenvalue weighted by molar-refractivity contribution is 0.607. The Kier molecular flexibility index (Phi) is 1.32. The molecule has 0 saturated carbocycles. The molecule has 0 spiro atoms. The molecule has 0 fully saturated rings. The molecule has 2 aromatic rings. The van der Waals surface area contributed by atoms with Crippen molar-refractivity contribution in [3.8, 4) is 0 Å². The second kappa shape index (κ2) is 2.41. The van der Waals surface area contributed by atoms with Crippen LogP contribution in [0.3, 0.4) is 0 Å². The quantitative estimate of drug-likeness (QED) is 0.612. The van der Waals surface area contributed by atoms with E-state index in [0.29, 0.717) is 0 Å². The molecule has 14 heavy (non-hydrogen) atoms. The van der Waals surface area contributed by atoms with Gasteiger partial charge in [0.15, 0.2) is 0 Å². The lowest BCUT2D eigenvalue weighted by Crippen LogP contribution is -2.30. The molecule has 0 aliphatic carbocycles. The molecule has 3 rings (SSSR count). The van der Waals surface area contributed by atoms with E-state index in [0.717, 1.165) is 30.4 Å². The van der Waals surface area contributed by atoms with E-state index >= 15 is 0 Å². The van der Waals surface area contributed by atoms with Gasteiger partial charge in [-0.2, -0.15) is 0 Å². The highest BCUT2D eigenvalue weighted by molar-refractivity contribution is 5.80. The molecule has 1 aromatic carbocycles. The molecular weight excluding hydrogens is 178 g/mol. The number of aryl methyl sites for hydroxylation is 2. The summed E-state index contributed by atoms with van der Waals surface area (Å²) in [7, 11) is 0. The fourth-order valence-electron chi connectivity index (χ4n) is 2.25. The van der Waals surface area contributed by atoms with E-state index in [-0.39, 0.29) is 5.69 Å². The third-order valence-corrected chi connectivity index (χ3v) is 2.89. The Morgan fingerprint density at radius 1 is 1.36 bits per heavy atom. The summed E-state index contributed by atoms with van der Waals surface area (Å²) in [5.41, 5.74) is 2.99. The Hall–Kier alpha value is -1.71. The van der Waals surface area contributed by atoms with E-state index in [1.807, 2.05) is 12.1 Å². The molecule has 0 amide bonds. The van der Waals surface area contributed by atoms with Crippen LogP contribution in [0.25, 0.3) is 11.0 Å². The van der Waals surface area contributed by atoms with Gasteiger partial charge >= 0.3 is 5.69 Å². The predicted molar refractivity (Wildman–Crippen MR) is 54.7 cm³/mol. The molecule has 0 bridgehead atoms. The Labute approximate surface area is 80.5 Å². The van der Waals surface area contributed by atoms with Crippen LogP contribution in [0.2, 0.25) is 0 Å². The molecule has 0 atom stereocenters. The molecule has 4 heteroatoms. The lowest BCUT2D eigenvalue weighted by atomic mass is 10.1. The zero-order chi connectivity index (χ0) is 9.71. The van der Waals surface area contributed by atoms with Crippen LogP contribution in [0.4, 0.5) is 0 Å². The van der Waals surface area contributed by atoms with E-state index in [1.165, 1.54) is 10.2 Å². The summed E-state index contributed by atoms with van der Waals surface area (Å²) < 4.78 is 3.01. The molecule has 72 valence electrons. The SMILES string of the molecule is Nn1c(=O)n2c3c(cccc31)CCC2. The summed E-state index contributed by atoms with van der Waals surface area (Å²) >= 11 is 0. The van der Waals surface area contributed by atoms with Crippen LogP contribution >= 0.6 is 0 Å². The van der Waals surface area contributed by atoms with Crippen LogP contribution in [0.15, 0.2) is 23.0 Å². The first kappa shape index (κ1) is 7.67. The molecule has 1 aromatic heterocycles. The summed E-state index contributed by atoms with van der Waals surface area (Å²) in [4.78, 5) is 11.7. The minimum atomic E-state index is -0.104. The van der Waals surface area contributed by atoms with Gasteiger partial charge in [0.1, 0.15) is 0 Å². The monoisotopic (exact) mass is 189 g/mol. The van der Waals surface area contributed by atoms with E-state index in [4.69, 9.17) is 5.84 Å². The van der Waals surface area contributed by atoms with Crippen LogP contribution in [0.1, 0.15) is 12.0 Å². The Morgan fingerprint density at radius 2 is 2.21 bits per heavy atom. The maximum Gasteiger partial charge on any atom is 0.347 e. The number of nitrogen functional groups attached to an aromatic ring is 1. The van der Waals surface area contributed by atoms with Gasteiger partial charge in [0.05, 0.1) is 11.0 Å². The van der Waals surface area contributed by atoms with E-state index in [2.05, 4.69) is 6.07 Å². The Bertz CT molecular complexity index is 564. The average molecular weight is 189 g/mol. The first-order valence-electron chi connectivity index (χ1n) is 4.77. The van der Waals surface area contributed by atoms with Crippen molar-refractivity contribution in [1.29, 1.82) is 0 Å². The highest BCUT2D eigenvalue weighted by atomic mass is 16.2. The molecule has 0 saturated heterocycles. The molecule has 1 aliphatic rings. The first-order chi connectivity index (χ1) is 6.79. The van der Waals surface area contributed by atoms with Crippen LogP contribution in [0.5, 0.6) is 0 Å². The van der Waals surface area contributed by atoms with Gasteiger partial charge in [-0.25, -0.2) is 9.47 Å². The zero-order valence-electron chi connectivity index (χ0n) is 7.73. The third-order valence-electron chi connectivity index (χ3n) is 2.89. The fourth-order valence-corrected chi connectivity index (χ4v) is 2.25. The van der Waals surface area contributed by atoms with Crippen molar-refractivity contribution in [1.82, 2.24) is 9.24 Å². The van der Waals surface area contributed by atoms with Crippen LogP contribution in [-0.2, 0) is 13.0 Å². The highest BCUT2D eigenvalue weighted by Crippen LogP contribution is 2.22. The number of aromatic nitrogens is 2. The van der Waals surface area contributed by atoms with Crippen LogP contribution in [0, 0.1) is 0 Å². The summed E-state index contributed by atoms with van der Waals surface area (Å²) in [6.45, 7) is 0.788. The van der Waals surface area contributed by atoms with Gasteiger partial charge in [-0.05, 0) is 24.5 Å². The number of imidazole rings is 1. The van der Waals surface area contributed by atoms with Crippen molar-refractivity contribution >= 4 is 11.0 Å². The van der Waals surface area contributed by atoms with E-state index in [1.54, 1.807) is 4.57 Å². The largest absolute Gasteiger partial charge is 0.347 e. The van der Waals surface area contributed by atoms with Crippen molar-refractivity contribution in [2.75, 3.05) is 5.84 Å². The van der Waals surface area contributed by atoms with Crippen molar-refractivity contribution in [2.24, 2.45) is 0 Å². The normalized spacial score (nSPS) is 14.9. The van der Waals surface area contributed by atoms with Crippen LogP contribution < -0.4 is 11.5 Å². The van der Waals surface area contributed by atoms with Crippen LogP contribution in [-0.4, -0.2) is 9.24 Å². The standard InChI is InChI=1S/C10H11N3O/c11-13-8-5-1-3-7-4-2-6-12(9(7)8)10(13)14/h1,3,5H,2,4,6,11H2. The maximum atomic E-state index is 11.7. The smallest absolute Gasteiger partial charge is 0.335 e. The van der Waals surface area contributed by atoms with Gasteiger partial charge in [-0.15, -0.1) is 0 Å². The van der Waals surface area contributed by atoms with E-state index < -0.39 is 0 Å². The number of para-hydroxylation sites is 1. The predicted octanol–water partition coefficient (Wildman–Crippen LogP) is 0.463. The number of benzene rings is 1. The second-order valence-corrected chi connectivity index (χ2v) is 3.69. The highest BCUT2D eigenvalue weighted by Gasteiger charge is 2.17. The summed E-state index contributed by atoms with van der Waals surface area (Å²) in [6, 6.07) is 5.91. The Morgan fingerprint density at radius 3 is 3.07 bits per heavy atom. The first-order valence-corrected chi connectivity index (χ1v) is 4.77. The minimum absolute atomic E-state index is 0.104. The number of nitrogens with zero attached hydrogens (tertiary/aromatic N) is 2. The third kappa shape index (κ3) is 0.755. The molecule has 2 N–H and O–H groups in total. The van der Waals surface area contributed by atoms with Gasteiger partial charge in [0, 0.05) is 6.54 Å². The maximum absolute atomic E-state index is 11.7. The fraction of sp³-hybridized carbons (Fsp3) is 0.300. The van der Waals surface area contributed by atoms with Gasteiger partial charge in [-0.3, -0.25) is 4.57 Å². The number of hydrogen-bond acceptors (Lipinski definition) is 2. The molecular formula is C10H11N3O. The van der Waals surface area contributed by atoms with Crippen molar-refractivity contribution in [3.05, 3.63) is 34.2 Å². The van der Waals surface area contributed by atoms with Crippen molar-refractivity contribution in [3.63, 3.8) is 0 Å². The van der Waals surface area contributed by atoms with Crippen molar-refractivity contribution in [2.45, 2.75) is 19.4 Å². The Balaban J connectivity index is 2.61. The topological polar surface area (TPSA) is 52.9 Å². The number of nitrogens with two attached hydrogens (primary N) is 1. The number of hydrogen-bond donors (Lipinski definition) is 1. The molecule has 0 unspecified atom stereocenters. The summed E-state index contributed by atoms with van der Waals surface area (Å²) in [6.07, 6.45) is 2.07. The molecule has 0 radical (unpaired) electrons. The van der Waals surface area contributed by atoms with Gasteiger partial charge in [0.25, 0.3) is 0 Å². The zero-order valence-corrected chi connectivity index (χ0v) is 7.73. The number of rotatable bonds is 0. The van der Waals surface area contributed by atoms with Gasteiger partial charge < -0.3 is 5.84 Å². The molecule has 1 aliphatic heterocycles. The van der Waals surface area contributed by atoms with Gasteiger partial charge in [0.2, 0.25) is 0 Å². The van der Waals surface area contributed by atoms with Crippen molar-refractivity contribution < 1.29 is 0 Å².